The van der Waals surface area contributed by atoms with Gasteiger partial charge in [0.15, 0.2) is 5.82 Å². The summed E-state index contributed by atoms with van der Waals surface area (Å²) in [6.45, 7) is 1.87. The van der Waals surface area contributed by atoms with E-state index in [0.29, 0.717) is 11.6 Å². The van der Waals surface area contributed by atoms with Gasteiger partial charge in [0.25, 0.3) is 5.91 Å². The van der Waals surface area contributed by atoms with E-state index >= 15 is 0 Å². The Morgan fingerprint density at radius 2 is 2.00 bits per heavy atom. The number of para-hydroxylation sites is 1. The highest BCUT2D eigenvalue weighted by atomic mass is 32.2. The minimum atomic E-state index is -0.981. The van der Waals surface area contributed by atoms with Gasteiger partial charge in [-0.3, -0.25) is 9.00 Å². The third-order valence-corrected chi connectivity index (χ3v) is 5.82. The average molecular weight is 389 g/mol. The van der Waals surface area contributed by atoms with Crippen LogP contribution in [-0.2, 0) is 10.8 Å². The molecule has 26 heavy (non-hydrogen) atoms. The van der Waals surface area contributed by atoms with Crippen LogP contribution in [0.2, 0.25) is 0 Å². The van der Waals surface area contributed by atoms with E-state index in [1.165, 1.54) is 0 Å². The van der Waals surface area contributed by atoms with Crippen molar-refractivity contribution in [1.29, 1.82) is 0 Å². The van der Waals surface area contributed by atoms with E-state index in [-0.39, 0.29) is 17.8 Å². The summed E-state index contributed by atoms with van der Waals surface area (Å²) in [7, 11) is 0.708. The zero-order valence-corrected chi connectivity index (χ0v) is 16.5. The molecular weight excluding hydrogens is 368 g/mol. The Morgan fingerprint density at radius 3 is 2.62 bits per heavy atom. The first kappa shape index (κ1) is 18.5. The first-order chi connectivity index (χ1) is 12.5. The van der Waals surface area contributed by atoms with Gasteiger partial charge in [-0.15, -0.1) is 16.4 Å². The lowest BCUT2D eigenvalue weighted by Gasteiger charge is -2.22. The molecule has 8 heteroatoms. The Bertz CT molecular complexity index is 907. The van der Waals surface area contributed by atoms with Crippen LogP contribution >= 0.6 is 11.3 Å². The Hall–Kier alpha value is -2.32. The van der Waals surface area contributed by atoms with Crippen LogP contribution in [0, 0.1) is 0 Å². The van der Waals surface area contributed by atoms with Gasteiger partial charge in [0.2, 0.25) is 5.82 Å². The predicted octanol–water partition coefficient (Wildman–Crippen LogP) is 2.83. The topological polar surface area (TPSA) is 68.1 Å². The number of hydrogen-bond donors (Lipinski definition) is 0. The molecule has 0 spiro atoms. The molecule has 2 atom stereocenters. The quantitative estimate of drug-likeness (QED) is 0.651. The molecule has 3 rings (SSSR count). The number of carbonyl (C=O) groups is 1. The molecule has 136 valence electrons. The number of benzene rings is 1. The van der Waals surface area contributed by atoms with Crippen LogP contribution in [0.4, 0.5) is 0 Å². The maximum atomic E-state index is 12.8. The second-order valence-corrected chi connectivity index (χ2v) is 8.42. The highest BCUT2D eigenvalue weighted by Gasteiger charge is 2.25. The Kier molecular flexibility index (Phi) is 5.63. The summed E-state index contributed by atoms with van der Waals surface area (Å²) in [6.07, 6.45) is 1.63. The molecule has 0 radical (unpaired) electrons. The van der Waals surface area contributed by atoms with Gasteiger partial charge in [-0.25, -0.2) is 9.67 Å². The minimum Gasteiger partial charge on any atom is -0.335 e. The predicted molar refractivity (Wildman–Crippen MR) is 105 cm³/mol. The maximum absolute atomic E-state index is 12.8. The summed E-state index contributed by atoms with van der Waals surface area (Å²) in [5.74, 6) is 0.901. The van der Waals surface area contributed by atoms with Crippen LogP contribution in [0.25, 0.3) is 16.4 Å². The van der Waals surface area contributed by atoms with E-state index in [1.807, 2.05) is 54.8 Å². The summed E-state index contributed by atoms with van der Waals surface area (Å²) in [5.41, 5.74) is 0.841. The summed E-state index contributed by atoms with van der Waals surface area (Å²) in [4.78, 5) is 19.8. The zero-order valence-electron chi connectivity index (χ0n) is 14.8. The van der Waals surface area contributed by atoms with Gasteiger partial charge in [0.05, 0.1) is 10.6 Å². The van der Waals surface area contributed by atoms with Crippen LogP contribution in [0.15, 0.2) is 47.8 Å². The van der Waals surface area contributed by atoms with Crippen molar-refractivity contribution in [3.05, 3.63) is 53.7 Å². The molecule has 0 N–H and O–H groups in total. The van der Waals surface area contributed by atoms with Crippen LogP contribution < -0.4 is 0 Å². The number of aromatic nitrogens is 3. The van der Waals surface area contributed by atoms with Gasteiger partial charge in [0.1, 0.15) is 0 Å². The van der Waals surface area contributed by atoms with Gasteiger partial charge < -0.3 is 4.90 Å². The van der Waals surface area contributed by atoms with Crippen molar-refractivity contribution in [2.75, 3.05) is 19.1 Å². The normalized spacial score (nSPS) is 13.3. The maximum Gasteiger partial charge on any atom is 0.293 e. The molecule has 0 aliphatic rings. The van der Waals surface area contributed by atoms with Gasteiger partial charge in [-0.2, -0.15) is 0 Å². The highest BCUT2D eigenvalue weighted by Crippen LogP contribution is 2.25. The fourth-order valence-corrected chi connectivity index (χ4v) is 4.13. The Labute approximate surface area is 158 Å². The number of carbonyl (C=O) groups excluding carboxylic acids is 1. The van der Waals surface area contributed by atoms with Gasteiger partial charge in [-0.05, 0) is 30.5 Å². The van der Waals surface area contributed by atoms with E-state index in [9.17, 15) is 9.00 Å². The third kappa shape index (κ3) is 3.91. The fraction of sp³-hybridized carbons (Fsp3) is 0.278. The Balaban J connectivity index is 1.99. The summed E-state index contributed by atoms with van der Waals surface area (Å²) in [5, 5.41) is 6.43. The van der Waals surface area contributed by atoms with Crippen molar-refractivity contribution in [3.8, 4) is 16.4 Å². The molecule has 1 amide bonds. The lowest BCUT2D eigenvalue weighted by Crippen LogP contribution is -2.38. The van der Waals surface area contributed by atoms with Crippen molar-refractivity contribution in [3.63, 3.8) is 0 Å². The number of rotatable bonds is 6. The molecule has 1 aromatic carbocycles. The summed E-state index contributed by atoms with van der Waals surface area (Å²) < 4.78 is 13.1. The molecule has 2 heterocycles. The second kappa shape index (κ2) is 7.92. The highest BCUT2D eigenvalue weighted by molar-refractivity contribution is 7.84. The number of thiophene rings is 1. The van der Waals surface area contributed by atoms with E-state index in [4.69, 9.17) is 0 Å². The van der Waals surface area contributed by atoms with Crippen molar-refractivity contribution in [2.24, 2.45) is 0 Å². The molecule has 0 fully saturated rings. The van der Waals surface area contributed by atoms with Gasteiger partial charge >= 0.3 is 0 Å². The van der Waals surface area contributed by atoms with Crippen molar-refractivity contribution in [1.82, 2.24) is 19.7 Å². The standard InChI is InChI=1S/C18H20N4O2S2/c1-13(12-26(3)24)21(2)18(23)16-19-17(15-10-7-11-25-15)22(20-16)14-8-5-4-6-9-14/h4-11,13H,12H2,1-3H3/t13-,26+/m1/s1. The lowest BCUT2D eigenvalue weighted by atomic mass is 10.3. The molecule has 2 aromatic heterocycles. The first-order valence-electron chi connectivity index (χ1n) is 8.11. The molecule has 0 aliphatic carbocycles. The first-order valence-corrected chi connectivity index (χ1v) is 10.7. The third-order valence-electron chi connectivity index (χ3n) is 4.00. The molecule has 6 nitrogen and oxygen atoms in total. The zero-order chi connectivity index (χ0) is 18.7. The van der Waals surface area contributed by atoms with Crippen molar-refractivity contribution < 1.29 is 9.00 Å². The summed E-state index contributed by atoms with van der Waals surface area (Å²) in [6, 6.07) is 13.3. The number of amides is 1. The van der Waals surface area contributed by atoms with Crippen LogP contribution in [0.1, 0.15) is 17.5 Å². The SMILES string of the molecule is C[C@H](C[S@](C)=O)N(C)C(=O)c1nc(-c2cccs2)n(-c2ccccc2)n1. The average Bonchev–Trinajstić information content (AvgIpc) is 3.30. The van der Waals surface area contributed by atoms with Crippen LogP contribution in [0.5, 0.6) is 0 Å². The molecule has 0 saturated heterocycles. The van der Waals surface area contributed by atoms with Gasteiger partial charge in [0, 0.05) is 35.9 Å². The molecular formula is C18H20N4O2S2. The monoisotopic (exact) mass is 388 g/mol. The fourth-order valence-electron chi connectivity index (χ4n) is 2.53. The molecule has 0 bridgehead atoms. The van der Waals surface area contributed by atoms with Crippen LogP contribution in [-0.4, -0.2) is 54.9 Å². The minimum absolute atomic E-state index is 0.133. The van der Waals surface area contributed by atoms with Crippen molar-refractivity contribution >= 4 is 28.0 Å². The smallest absolute Gasteiger partial charge is 0.293 e. The van der Waals surface area contributed by atoms with E-state index in [0.717, 1.165) is 10.6 Å². The van der Waals surface area contributed by atoms with Crippen LogP contribution in [0.3, 0.4) is 0 Å². The molecule has 3 aromatic rings. The lowest BCUT2D eigenvalue weighted by molar-refractivity contribution is 0.0745. The van der Waals surface area contributed by atoms with Crippen molar-refractivity contribution in [2.45, 2.75) is 13.0 Å². The Morgan fingerprint density at radius 1 is 1.27 bits per heavy atom. The molecule has 0 saturated carbocycles. The molecule has 0 unspecified atom stereocenters. The molecule has 0 aliphatic heterocycles. The summed E-state index contributed by atoms with van der Waals surface area (Å²) >= 11 is 1.54. The van der Waals surface area contributed by atoms with Gasteiger partial charge in [-0.1, -0.05) is 24.3 Å². The second-order valence-electron chi connectivity index (χ2n) is 5.99. The van der Waals surface area contributed by atoms with E-state index in [1.54, 1.807) is 34.2 Å². The number of nitrogens with zero attached hydrogens (tertiary/aromatic N) is 4. The van der Waals surface area contributed by atoms with E-state index in [2.05, 4.69) is 10.1 Å². The van der Waals surface area contributed by atoms with E-state index < -0.39 is 10.8 Å². The largest absolute Gasteiger partial charge is 0.335 e. The number of hydrogen-bond acceptors (Lipinski definition) is 5.